The van der Waals surface area contributed by atoms with Gasteiger partial charge >= 0.3 is 0 Å². The molecule has 0 aromatic carbocycles. The molecule has 0 amide bonds. The van der Waals surface area contributed by atoms with Crippen molar-refractivity contribution in [1.29, 1.82) is 0 Å². The molecule has 1 fully saturated rings. The number of aliphatic hydroxyl groups excluding tert-OH is 1. The smallest absolute Gasteiger partial charge is 0.110 e. The Bertz CT molecular complexity index is 186. The monoisotopic (exact) mass is 187 g/mol. The van der Waals surface area contributed by atoms with Crippen LogP contribution < -0.4 is 5.90 Å². The molecule has 4 heteroatoms. The van der Waals surface area contributed by atoms with Crippen molar-refractivity contribution in [3.63, 3.8) is 0 Å². The van der Waals surface area contributed by atoms with Crippen LogP contribution in [0.1, 0.15) is 19.8 Å². The molecule has 1 heterocycles. The highest BCUT2D eigenvalue weighted by Gasteiger charge is 2.35. The standard InChI is InChI=1S/C9H17NO3/c1-3-9(2)5-4-7(11)8(13-9)6-12-10/h3,7-8,11H,1,4-6,10H2,2H3/t7?,8-,9?/m1/s1. The highest BCUT2D eigenvalue weighted by molar-refractivity contribution is 4.98. The van der Waals surface area contributed by atoms with Gasteiger partial charge < -0.3 is 14.7 Å². The first-order valence-electron chi connectivity index (χ1n) is 4.42. The average Bonchev–Trinajstić information content (AvgIpc) is 2.12. The third-order valence-corrected chi connectivity index (χ3v) is 2.48. The predicted octanol–water partition coefficient (Wildman–Crippen LogP) is 0.361. The zero-order valence-electron chi connectivity index (χ0n) is 7.90. The molecule has 0 aromatic rings. The first-order chi connectivity index (χ1) is 6.11. The van der Waals surface area contributed by atoms with E-state index < -0.39 is 6.10 Å². The van der Waals surface area contributed by atoms with Gasteiger partial charge in [0.05, 0.1) is 18.3 Å². The second kappa shape index (κ2) is 4.19. The van der Waals surface area contributed by atoms with Crippen LogP contribution in [-0.4, -0.2) is 29.5 Å². The van der Waals surface area contributed by atoms with E-state index in [0.717, 1.165) is 6.42 Å². The second-order valence-electron chi connectivity index (χ2n) is 3.61. The predicted molar refractivity (Wildman–Crippen MR) is 48.9 cm³/mol. The van der Waals surface area contributed by atoms with Crippen LogP contribution >= 0.6 is 0 Å². The van der Waals surface area contributed by atoms with Crippen molar-refractivity contribution in [2.75, 3.05) is 6.61 Å². The number of aliphatic hydroxyl groups is 1. The molecule has 0 bridgehead atoms. The molecule has 3 atom stereocenters. The third kappa shape index (κ3) is 2.51. The lowest BCUT2D eigenvalue weighted by atomic mass is 9.92. The lowest BCUT2D eigenvalue weighted by molar-refractivity contribution is -0.167. The van der Waals surface area contributed by atoms with Gasteiger partial charge in [0, 0.05) is 0 Å². The molecule has 1 aliphatic heterocycles. The van der Waals surface area contributed by atoms with Gasteiger partial charge in [0.15, 0.2) is 0 Å². The summed E-state index contributed by atoms with van der Waals surface area (Å²) >= 11 is 0. The fraction of sp³-hybridized carbons (Fsp3) is 0.778. The van der Waals surface area contributed by atoms with Crippen LogP contribution in [0, 0.1) is 0 Å². The summed E-state index contributed by atoms with van der Waals surface area (Å²) in [7, 11) is 0. The maximum atomic E-state index is 9.53. The van der Waals surface area contributed by atoms with Gasteiger partial charge in [0.2, 0.25) is 0 Å². The van der Waals surface area contributed by atoms with Gasteiger partial charge in [-0.05, 0) is 19.8 Å². The zero-order valence-corrected chi connectivity index (χ0v) is 7.90. The quantitative estimate of drug-likeness (QED) is 0.494. The molecular formula is C9H17NO3. The molecule has 1 saturated heterocycles. The van der Waals surface area contributed by atoms with E-state index >= 15 is 0 Å². The number of hydrogen-bond acceptors (Lipinski definition) is 4. The van der Waals surface area contributed by atoms with Crippen LogP contribution in [-0.2, 0) is 9.57 Å². The summed E-state index contributed by atoms with van der Waals surface area (Å²) in [6.45, 7) is 5.85. The molecule has 0 radical (unpaired) electrons. The molecule has 0 aromatic heterocycles. The minimum Gasteiger partial charge on any atom is -0.390 e. The lowest BCUT2D eigenvalue weighted by Gasteiger charge is -2.39. The van der Waals surface area contributed by atoms with Crippen molar-refractivity contribution in [3.8, 4) is 0 Å². The topological polar surface area (TPSA) is 64.7 Å². The van der Waals surface area contributed by atoms with Crippen LogP contribution in [0.15, 0.2) is 12.7 Å². The SMILES string of the molecule is C=CC1(C)CCC(O)[C@@H](CON)O1. The van der Waals surface area contributed by atoms with Gasteiger partial charge in [0.1, 0.15) is 6.10 Å². The highest BCUT2D eigenvalue weighted by Crippen LogP contribution is 2.29. The maximum Gasteiger partial charge on any atom is 0.110 e. The minimum absolute atomic E-state index is 0.213. The van der Waals surface area contributed by atoms with Gasteiger partial charge in [0.25, 0.3) is 0 Å². The molecule has 13 heavy (non-hydrogen) atoms. The molecule has 0 saturated carbocycles. The van der Waals surface area contributed by atoms with Gasteiger partial charge in [-0.3, -0.25) is 0 Å². The van der Waals surface area contributed by atoms with Crippen molar-refractivity contribution >= 4 is 0 Å². The van der Waals surface area contributed by atoms with E-state index in [1.54, 1.807) is 6.08 Å². The van der Waals surface area contributed by atoms with E-state index in [2.05, 4.69) is 11.4 Å². The summed E-state index contributed by atoms with van der Waals surface area (Å²) in [5.74, 6) is 4.93. The largest absolute Gasteiger partial charge is 0.390 e. The van der Waals surface area contributed by atoms with Crippen LogP contribution in [0.4, 0.5) is 0 Å². The first kappa shape index (κ1) is 10.7. The van der Waals surface area contributed by atoms with Crippen LogP contribution in [0.2, 0.25) is 0 Å². The summed E-state index contributed by atoms with van der Waals surface area (Å²) < 4.78 is 5.60. The molecule has 4 nitrogen and oxygen atoms in total. The van der Waals surface area contributed by atoms with Crippen molar-refractivity contribution in [3.05, 3.63) is 12.7 Å². The van der Waals surface area contributed by atoms with E-state index in [4.69, 9.17) is 10.6 Å². The highest BCUT2D eigenvalue weighted by atomic mass is 16.6. The summed E-state index contributed by atoms with van der Waals surface area (Å²) in [6.07, 6.45) is 2.39. The van der Waals surface area contributed by atoms with Gasteiger partial charge in [-0.1, -0.05) is 6.08 Å². The Hall–Kier alpha value is -0.420. The number of nitrogens with two attached hydrogens (primary N) is 1. The number of rotatable bonds is 3. The van der Waals surface area contributed by atoms with Crippen molar-refractivity contribution in [2.24, 2.45) is 5.90 Å². The molecule has 76 valence electrons. The molecule has 0 aliphatic carbocycles. The summed E-state index contributed by atoms with van der Waals surface area (Å²) in [4.78, 5) is 4.47. The van der Waals surface area contributed by atoms with E-state index in [1.807, 2.05) is 6.92 Å². The molecule has 3 N–H and O–H groups in total. The summed E-state index contributed by atoms with van der Waals surface area (Å²) in [6, 6.07) is 0. The van der Waals surface area contributed by atoms with E-state index in [0.29, 0.717) is 6.42 Å². The average molecular weight is 187 g/mol. The Morgan fingerprint density at radius 3 is 3.08 bits per heavy atom. The first-order valence-corrected chi connectivity index (χ1v) is 4.42. The molecule has 1 rings (SSSR count). The van der Waals surface area contributed by atoms with Crippen LogP contribution in [0.5, 0.6) is 0 Å². The van der Waals surface area contributed by atoms with Crippen molar-refractivity contribution in [1.82, 2.24) is 0 Å². The Morgan fingerprint density at radius 1 is 1.85 bits per heavy atom. The molecule has 0 spiro atoms. The number of ether oxygens (including phenoxy) is 1. The van der Waals surface area contributed by atoms with Crippen molar-refractivity contribution < 1.29 is 14.7 Å². The van der Waals surface area contributed by atoms with Crippen molar-refractivity contribution in [2.45, 2.75) is 37.6 Å². The fourth-order valence-corrected chi connectivity index (χ4v) is 1.49. The lowest BCUT2D eigenvalue weighted by Crippen LogP contribution is -2.47. The number of hydrogen-bond donors (Lipinski definition) is 2. The van der Waals surface area contributed by atoms with E-state index in [9.17, 15) is 5.11 Å². The maximum absolute atomic E-state index is 9.53. The fourth-order valence-electron chi connectivity index (χ4n) is 1.49. The third-order valence-electron chi connectivity index (χ3n) is 2.48. The van der Waals surface area contributed by atoms with E-state index in [-0.39, 0.29) is 18.3 Å². The minimum atomic E-state index is -0.489. The Labute approximate surface area is 78.3 Å². The second-order valence-corrected chi connectivity index (χ2v) is 3.61. The Kier molecular flexibility index (Phi) is 3.44. The van der Waals surface area contributed by atoms with Gasteiger partial charge in [-0.25, -0.2) is 5.90 Å². The normalized spacial score (nSPS) is 40.2. The molecule has 2 unspecified atom stereocenters. The summed E-state index contributed by atoms with van der Waals surface area (Å²) in [5.41, 5.74) is -0.359. The van der Waals surface area contributed by atoms with E-state index in [1.165, 1.54) is 0 Å². The zero-order chi connectivity index (χ0) is 9.90. The van der Waals surface area contributed by atoms with Crippen LogP contribution in [0.3, 0.4) is 0 Å². The molecule has 1 aliphatic rings. The van der Waals surface area contributed by atoms with Crippen LogP contribution in [0.25, 0.3) is 0 Å². The Balaban J connectivity index is 2.57. The van der Waals surface area contributed by atoms with Gasteiger partial charge in [-0.15, -0.1) is 6.58 Å². The summed E-state index contributed by atoms with van der Waals surface area (Å²) in [5, 5.41) is 9.53. The molecular weight excluding hydrogens is 170 g/mol. The Morgan fingerprint density at radius 2 is 2.54 bits per heavy atom. The van der Waals surface area contributed by atoms with Gasteiger partial charge in [-0.2, -0.15) is 0 Å².